The van der Waals surface area contributed by atoms with E-state index in [1.54, 1.807) is 42.5 Å². The average molecular weight is 516 g/mol. The van der Waals surface area contributed by atoms with E-state index in [0.29, 0.717) is 16.7 Å². The van der Waals surface area contributed by atoms with E-state index in [2.05, 4.69) is 15.5 Å². The van der Waals surface area contributed by atoms with Gasteiger partial charge >= 0.3 is 6.43 Å². The fraction of sp³-hybridized carbons (Fsp3) is 0.385. The second-order valence-electron chi connectivity index (χ2n) is 9.31. The fourth-order valence-electron chi connectivity index (χ4n) is 4.66. The molecule has 1 aliphatic heterocycles. The molecular formula is C26H24F4N4O3. The molecule has 7 nitrogen and oxygen atoms in total. The first-order valence-electron chi connectivity index (χ1n) is 12.0. The molecule has 2 amide bonds. The number of carbonyl (C=O) groups is 2. The van der Waals surface area contributed by atoms with Gasteiger partial charge in [0.15, 0.2) is 0 Å². The Morgan fingerprint density at radius 1 is 1.08 bits per heavy atom. The minimum Gasteiger partial charge on any atom is -0.419 e. The summed E-state index contributed by atoms with van der Waals surface area (Å²) in [5, 5.41) is 9.46. The van der Waals surface area contributed by atoms with Crippen LogP contribution in [0.1, 0.15) is 66.1 Å². The van der Waals surface area contributed by atoms with Crippen molar-refractivity contribution in [2.24, 2.45) is 0 Å². The van der Waals surface area contributed by atoms with E-state index in [-0.39, 0.29) is 30.6 Å². The molecular weight excluding hydrogens is 492 g/mol. The van der Waals surface area contributed by atoms with Crippen molar-refractivity contribution >= 4 is 11.8 Å². The molecule has 5 rings (SSSR count). The number of halogens is 4. The molecule has 1 saturated carbocycles. The zero-order valence-corrected chi connectivity index (χ0v) is 19.6. The number of hydrogen-bond acceptors (Lipinski definition) is 5. The summed E-state index contributed by atoms with van der Waals surface area (Å²) in [6.07, 6.45) is -3.35. The Hall–Kier alpha value is -3.76. The van der Waals surface area contributed by atoms with Crippen LogP contribution in [0.4, 0.5) is 17.6 Å². The Morgan fingerprint density at radius 3 is 2.49 bits per heavy atom. The van der Waals surface area contributed by atoms with E-state index in [9.17, 15) is 27.2 Å². The van der Waals surface area contributed by atoms with Gasteiger partial charge in [-0.05, 0) is 41.5 Å². The third kappa shape index (κ3) is 5.50. The van der Waals surface area contributed by atoms with Gasteiger partial charge in [0, 0.05) is 6.42 Å². The highest BCUT2D eigenvalue weighted by molar-refractivity contribution is 5.89. The highest BCUT2D eigenvalue weighted by atomic mass is 19.3. The molecule has 1 aliphatic carbocycles. The first kappa shape index (κ1) is 24.9. The fourth-order valence-corrected chi connectivity index (χ4v) is 4.66. The first-order chi connectivity index (χ1) is 17.8. The summed E-state index contributed by atoms with van der Waals surface area (Å²) in [6.45, 7) is -0.340. The van der Waals surface area contributed by atoms with Crippen molar-refractivity contribution in [1.82, 2.24) is 20.4 Å². The molecule has 37 heavy (non-hydrogen) atoms. The lowest BCUT2D eigenvalue weighted by molar-refractivity contribution is -0.138. The van der Waals surface area contributed by atoms with E-state index in [0.717, 1.165) is 17.7 Å². The smallest absolute Gasteiger partial charge is 0.314 e. The number of nitrogens with zero attached hydrogens (tertiary/aromatic N) is 3. The number of aromatic nitrogens is 2. The van der Waals surface area contributed by atoms with Gasteiger partial charge in [-0.15, -0.1) is 10.2 Å². The zero-order valence-electron chi connectivity index (χ0n) is 19.6. The summed E-state index contributed by atoms with van der Waals surface area (Å²) in [7, 11) is 0. The number of benzene rings is 2. The lowest BCUT2D eigenvalue weighted by Crippen LogP contribution is -2.47. The van der Waals surface area contributed by atoms with E-state index in [4.69, 9.17) is 4.42 Å². The normalized spacial score (nSPS) is 20.3. The lowest BCUT2D eigenvalue weighted by Gasteiger charge is -2.27. The van der Waals surface area contributed by atoms with Gasteiger partial charge in [-0.25, -0.2) is 8.78 Å². The van der Waals surface area contributed by atoms with E-state index < -0.39 is 48.8 Å². The zero-order chi connectivity index (χ0) is 26.1. The highest BCUT2D eigenvalue weighted by Gasteiger charge is 2.41. The lowest BCUT2D eigenvalue weighted by atomic mass is 9.96. The van der Waals surface area contributed by atoms with Crippen molar-refractivity contribution in [3.05, 3.63) is 82.8 Å². The van der Waals surface area contributed by atoms with Crippen LogP contribution in [0.25, 0.3) is 0 Å². The van der Waals surface area contributed by atoms with Gasteiger partial charge in [0.05, 0.1) is 12.6 Å². The number of rotatable bonds is 8. The second kappa shape index (κ2) is 10.3. The molecule has 194 valence electrons. The van der Waals surface area contributed by atoms with Crippen LogP contribution >= 0.6 is 0 Å². The molecule has 3 unspecified atom stereocenters. The maximum Gasteiger partial charge on any atom is 0.314 e. The minimum absolute atomic E-state index is 0.217. The number of carbonyl (C=O) groups excluding carboxylic acids is 2. The molecule has 1 saturated heterocycles. The van der Waals surface area contributed by atoms with Crippen molar-refractivity contribution in [3.63, 3.8) is 0 Å². The van der Waals surface area contributed by atoms with Crippen molar-refractivity contribution in [1.29, 1.82) is 0 Å². The molecule has 2 aromatic carbocycles. The monoisotopic (exact) mass is 516 g/mol. The van der Waals surface area contributed by atoms with Crippen molar-refractivity contribution < 1.29 is 31.6 Å². The Kier molecular flexibility index (Phi) is 6.94. The third-order valence-corrected chi connectivity index (χ3v) is 6.64. The SMILES string of the molecule is O=C(NC(c1ccccc1)c1ccc(C2CC2)c(F)c1)C1CC(F)CN1C(=O)Cc1nnc(C(F)F)o1. The van der Waals surface area contributed by atoms with Gasteiger partial charge in [-0.3, -0.25) is 9.59 Å². The molecule has 2 heterocycles. The average Bonchev–Trinajstić information content (AvgIpc) is 3.47. The van der Waals surface area contributed by atoms with E-state index in [1.165, 1.54) is 6.07 Å². The van der Waals surface area contributed by atoms with Crippen LogP contribution in [-0.4, -0.2) is 45.7 Å². The Bertz CT molecular complexity index is 1280. The minimum atomic E-state index is -2.99. The predicted molar refractivity (Wildman–Crippen MR) is 123 cm³/mol. The molecule has 0 bridgehead atoms. The van der Waals surface area contributed by atoms with Crippen molar-refractivity contribution in [2.75, 3.05) is 6.54 Å². The summed E-state index contributed by atoms with van der Waals surface area (Å²) in [5.74, 6) is -2.73. The number of alkyl halides is 3. The van der Waals surface area contributed by atoms with Gasteiger partial charge in [-0.1, -0.05) is 42.5 Å². The topological polar surface area (TPSA) is 88.3 Å². The molecule has 0 radical (unpaired) electrons. The van der Waals surface area contributed by atoms with Crippen LogP contribution < -0.4 is 5.32 Å². The highest BCUT2D eigenvalue weighted by Crippen LogP contribution is 2.42. The third-order valence-electron chi connectivity index (χ3n) is 6.64. The summed E-state index contributed by atoms with van der Waals surface area (Å²) in [6, 6.07) is 11.9. The Labute approximate surface area is 209 Å². The molecule has 2 fully saturated rings. The Balaban J connectivity index is 1.36. The molecule has 0 spiro atoms. The van der Waals surface area contributed by atoms with Crippen LogP contribution in [-0.2, 0) is 16.0 Å². The maximum atomic E-state index is 14.9. The molecule has 1 aromatic heterocycles. The van der Waals surface area contributed by atoms with Crippen LogP contribution in [0.3, 0.4) is 0 Å². The largest absolute Gasteiger partial charge is 0.419 e. The summed E-state index contributed by atoms with van der Waals surface area (Å²) in [5.41, 5.74) is 1.85. The molecule has 3 atom stereocenters. The molecule has 11 heteroatoms. The first-order valence-corrected chi connectivity index (χ1v) is 12.0. The summed E-state index contributed by atoms with van der Waals surface area (Å²) < 4.78 is 59.4. The molecule has 3 aromatic rings. The van der Waals surface area contributed by atoms with Gasteiger partial charge in [0.2, 0.25) is 17.7 Å². The maximum absolute atomic E-state index is 14.9. The number of hydrogen-bond donors (Lipinski definition) is 1. The van der Waals surface area contributed by atoms with Gasteiger partial charge < -0.3 is 14.6 Å². The van der Waals surface area contributed by atoms with Crippen LogP contribution in [0.15, 0.2) is 52.9 Å². The van der Waals surface area contributed by atoms with Crippen LogP contribution in [0, 0.1) is 5.82 Å². The van der Waals surface area contributed by atoms with Crippen molar-refractivity contribution in [3.8, 4) is 0 Å². The van der Waals surface area contributed by atoms with Gasteiger partial charge in [-0.2, -0.15) is 8.78 Å². The molecule has 2 aliphatic rings. The number of likely N-dealkylation sites (tertiary alicyclic amines) is 1. The van der Waals surface area contributed by atoms with Gasteiger partial charge in [0.25, 0.3) is 5.89 Å². The quantitative estimate of drug-likeness (QED) is 0.448. The van der Waals surface area contributed by atoms with Crippen molar-refractivity contribution in [2.45, 2.75) is 56.3 Å². The second-order valence-corrected chi connectivity index (χ2v) is 9.31. The molecule has 1 N–H and O–H groups in total. The van der Waals surface area contributed by atoms with Gasteiger partial charge in [0.1, 0.15) is 24.5 Å². The van der Waals surface area contributed by atoms with E-state index >= 15 is 0 Å². The number of amides is 2. The Morgan fingerprint density at radius 2 is 1.84 bits per heavy atom. The summed E-state index contributed by atoms with van der Waals surface area (Å²) >= 11 is 0. The summed E-state index contributed by atoms with van der Waals surface area (Å²) in [4.78, 5) is 27.3. The predicted octanol–water partition coefficient (Wildman–Crippen LogP) is 4.41. The number of nitrogens with one attached hydrogen (secondary N) is 1. The van der Waals surface area contributed by atoms with E-state index in [1.807, 2.05) is 0 Å². The van der Waals surface area contributed by atoms with Crippen LogP contribution in [0.2, 0.25) is 0 Å². The standard InChI is InChI=1S/C26H24F4N4O3/c27-17-11-20(34(13-17)22(35)12-21-32-33-26(37-21)24(29)30)25(36)31-23(15-4-2-1-3-5-15)16-8-9-18(14-6-7-14)19(28)10-16/h1-5,8-10,14,17,20,23-24H,6-7,11-13H2,(H,31,36). The van der Waals surface area contributed by atoms with Crippen LogP contribution in [0.5, 0.6) is 0 Å².